The summed E-state index contributed by atoms with van der Waals surface area (Å²) >= 11 is 0. The van der Waals surface area contributed by atoms with Crippen molar-refractivity contribution in [3.63, 3.8) is 0 Å². The van der Waals surface area contributed by atoms with Crippen molar-refractivity contribution >= 4 is 5.97 Å². The van der Waals surface area contributed by atoms with Crippen LogP contribution in [0.5, 0.6) is 0 Å². The van der Waals surface area contributed by atoms with Gasteiger partial charge in [-0.3, -0.25) is 4.79 Å². The molecule has 2 rings (SSSR count). The van der Waals surface area contributed by atoms with Gasteiger partial charge in [0.05, 0.1) is 19.6 Å². The smallest absolute Gasteiger partial charge is 0.308 e. The zero-order valence-electron chi connectivity index (χ0n) is 8.61. The molecule has 2 aliphatic rings. The lowest BCUT2D eigenvalue weighted by Gasteiger charge is -2.25. The molecular formula is C11H18O3. The fourth-order valence-electron chi connectivity index (χ4n) is 3.17. The van der Waals surface area contributed by atoms with Crippen molar-refractivity contribution in [2.24, 2.45) is 17.8 Å². The summed E-state index contributed by atoms with van der Waals surface area (Å²) < 4.78 is 4.56. The summed E-state index contributed by atoms with van der Waals surface area (Å²) in [4.78, 5) is 11.0. The molecule has 2 saturated carbocycles. The highest BCUT2D eigenvalue weighted by molar-refractivity contribution is 5.69. The third-order valence-corrected chi connectivity index (χ3v) is 3.89. The second-order valence-corrected chi connectivity index (χ2v) is 4.69. The number of ether oxygens (including phenoxy) is 1. The average molecular weight is 198 g/mol. The topological polar surface area (TPSA) is 46.5 Å². The maximum Gasteiger partial charge on any atom is 0.308 e. The summed E-state index contributed by atoms with van der Waals surface area (Å²) in [6, 6.07) is 0. The average Bonchev–Trinajstić information content (AvgIpc) is 2.78. The molecule has 3 nitrogen and oxygen atoms in total. The lowest BCUT2D eigenvalue weighted by molar-refractivity contribution is -0.143. The number of carbonyl (C=O) groups excluding carboxylic acids is 1. The van der Waals surface area contributed by atoms with E-state index in [9.17, 15) is 9.90 Å². The molecule has 2 fully saturated rings. The quantitative estimate of drug-likeness (QED) is 0.696. The minimum atomic E-state index is -0.474. The van der Waals surface area contributed by atoms with Gasteiger partial charge in [-0.15, -0.1) is 0 Å². The standard InChI is InChI=1S/C11H18O3/c1-14-11(13)6-10(12)9-5-7-2-3-8(9)4-7/h7-10,12H,2-6H2,1H3/t7?,8?,9?,10-/m0/s1. The maximum absolute atomic E-state index is 11.0. The first-order valence-electron chi connectivity index (χ1n) is 5.45. The molecule has 1 N–H and O–H groups in total. The van der Waals surface area contributed by atoms with Crippen molar-refractivity contribution < 1.29 is 14.6 Å². The van der Waals surface area contributed by atoms with E-state index < -0.39 is 6.10 Å². The molecule has 3 unspecified atom stereocenters. The van der Waals surface area contributed by atoms with Gasteiger partial charge in [-0.05, 0) is 37.0 Å². The summed E-state index contributed by atoms with van der Waals surface area (Å²) in [6.45, 7) is 0. The summed E-state index contributed by atoms with van der Waals surface area (Å²) in [6.07, 6.45) is 4.65. The van der Waals surface area contributed by atoms with Crippen LogP contribution in [0, 0.1) is 17.8 Å². The van der Waals surface area contributed by atoms with Crippen LogP contribution in [0.3, 0.4) is 0 Å². The molecule has 0 saturated heterocycles. The Bertz CT molecular complexity index is 227. The Balaban J connectivity index is 1.86. The van der Waals surface area contributed by atoms with Crippen molar-refractivity contribution in [1.29, 1.82) is 0 Å². The first kappa shape index (κ1) is 9.97. The molecule has 0 aromatic carbocycles. The number of methoxy groups -OCH3 is 1. The number of hydrogen-bond acceptors (Lipinski definition) is 3. The summed E-state index contributed by atoms with van der Waals surface area (Å²) in [7, 11) is 1.37. The molecule has 0 radical (unpaired) electrons. The van der Waals surface area contributed by atoms with Crippen LogP contribution in [0.4, 0.5) is 0 Å². The van der Waals surface area contributed by atoms with E-state index in [1.807, 2.05) is 0 Å². The number of fused-ring (bicyclic) bond motifs is 2. The highest BCUT2D eigenvalue weighted by Gasteiger charge is 2.43. The van der Waals surface area contributed by atoms with Gasteiger partial charge in [-0.1, -0.05) is 6.42 Å². The summed E-state index contributed by atoms with van der Waals surface area (Å²) in [5, 5.41) is 9.87. The van der Waals surface area contributed by atoms with Gasteiger partial charge in [0.2, 0.25) is 0 Å². The van der Waals surface area contributed by atoms with Crippen molar-refractivity contribution in [1.82, 2.24) is 0 Å². The first-order valence-corrected chi connectivity index (χ1v) is 5.45. The van der Waals surface area contributed by atoms with E-state index in [4.69, 9.17) is 0 Å². The SMILES string of the molecule is COC(=O)C[C@H](O)C1CC2CCC1C2. The maximum atomic E-state index is 11.0. The van der Waals surface area contributed by atoms with Crippen LogP contribution in [-0.4, -0.2) is 24.3 Å². The molecule has 0 spiro atoms. The van der Waals surface area contributed by atoms with E-state index in [1.165, 1.54) is 26.4 Å². The van der Waals surface area contributed by atoms with Crippen LogP contribution >= 0.6 is 0 Å². The van der Waals surface area contributed by atoms with Gasteiger partial charge in [0.15, 0.2) is 0 Å². The van der Waals surface area contributed by atoms with Gasteiger partial charge in [-0.25, -0.2) is 0 Å². The number of rotatable bonds is 3. The van der Waals surface area contributed by atoms with E-state index in [2.05, 4.69) is 4.74 Å². The Morgan fingerprint density at radius 2 is 2.29 bits per heavy atom. The third kappa shape index (κ3) is 1.78. The van der Waals surface area contributed by atoms with E-state index in [-0.39, 0.29) is 12.4 Å². The second-order valence-electron chi connectivity index (χ2n) is 4.69. The van der Waals surface area contributed by atoms with Crippen molar-refractivity contribution in [2.45, 2.75) is 38.2 Å². The number of hydrogen-bond donors (Lipinski definition) is 1. The Morgan fingerprint density at radius 1 is 1.50 bits per heavy atom. The monoisotopic (exact) mass is 198 g/mol. The minimum Gasteiger partial charge on any atom is -0.469 e. The lowest BCUT2D eigenvalue weighted by atomic mass is 9.83. The number of aliphatic hydroxyl groups is 1. The Labute approximate surface area is 84.4 Å². The molecule has 2 aliphatic carbocycles. The van der Waals surface area contributed by atoms with Gasteiger partial charge < -0.3 is 9.84 Å². The Hall–Kier alpha value is -0.570. The highest BCUT2D eigenvalue weighted by atomic mass is 16.5. The highest BCUT2D eigenvalue weighted by Crippen LogP contribution is 2.49. The summed E-state index contributed by atoms with van der Waals surface area (Å²) in [5.74, 6) is 1.55. The Kier molecular flexibility index (Phi) is 2.77. The molecule has 0 aromatic heterocycles. The van der Waals surface area contributed by atoms with E-state index >= 15 is 0 Å². The van der Waals surface area contributed by atoms with Crippen molar-refractivity contribution in [3.8, 4) is 0 Å². The fraction of sp³-hybridized carbons (Fsp3) is 0.909. The molecular weight excluding hydrogens is 180 g/mol. The second kappa shape index (κ2) is 3.89. The van der Waals surface area contributed by atoms with Crippen LogP contribution in [0.15, 0.2) is 0 Å². The molecule has 0 aromatic rings. The van der Waals surface area contributed by atoms with Gasteiger partial charge in [0.1, 0.15) is 0 Å². The fourth-order valence-corrected chi connectivity index (χ4v) is 3.17. The van der Waals surface area contributed by atoms with Crippen LogP contribution in [0.1, 0.15) is 32.1 Å². The van der Waals surface area contributed by atoms with Crippen LogP contribution in [0.2, 0.25) is 0 Å². The van der Waals surface area contributed by atoms with Crippen molar-refractivity contribution in [2.75, 3.05) is 7.11 Å². The zero-order valence-corrected chi connectivity index (χ0v) is 8.61. The lowest BCUT2D eigenvalue weighted by Crippen LogP contribution is -2.28. The van der Waals surface area contributed by atoms with Gasteiger partial charge in [-0.2, -0.15) is 0 Å². The molecule has 3 heteroatoms. The van der Waals surface area contributed by atoms with Crippen LogP contribution in [0.25, 0.3) is 0 Å². The van der Waals surface area contributed by atoms with Gasteiger partial charge in [0, 0.05) is 0 Å². The van der Waals surface area contributed by atoms with Crippen LogP contribution in [-0.2, 0) is 9.53 Å². The molecule has 0 heterocycles. The third-order valence-electron chi connectivity index (χ3n) is 3.89. The molecule has 2 bridgehead atoms. The number of esters is 1. The molecule has 0 amide bonds. The van der Waals surface area contributed by atoms with Gasteiger partial charge in [0.25, 0.3) is 0 Å². The van der Waals surface area contributed by atoms with Crippen LogP contribution < -0.4 is 0 Å². The first-order chi connectivity index (χ1) is 6.70. The van der Waals surface area contributed by atoms with Gasteiger partial charge >= 0.3 is 5.97 Å². The zero-order chi connectivity index (χ0) is 10.1. The summed E-state index contributed by atoms with van der Waals surface area (Å²) in [5.41, 5.74) is 0. The Morgan fingerprint density at radius 3 is 2.79 bits per heavy atom. The molecule has 80 valence electrons. The number of carbonyl (C=O) groups is 1. The van der Waals surface area contributed by atoms with Crippen molar-refractivity contribution in [3.05, 3.63) is 0 Å². The predicted octanol–water partition coefficient (Wildman–Crippen LogP) is 1.35. The van der Waals surface area contributed by atoms with E-state index in [1.54, 1.807) is 0 Å². The molecule has 4 atom stereocenters. The van der Waals surface area contributed by atoms with E-state index in [0.717, 1.165) is 12.3 Å². The van der Waals surface area contributed by atoms with E-state index in [0.29, 0.717) is 11.8 Å². The number of aliphatic hydroxyl groups excluding tert-OH is 1. The molecule has 14 heavy (non-hydrogen) atoms. The minimum absolute atomic E-state index is 0.171. The molecule has 0 aliphatic heterocycles. The largest absolute Gasteiger partial charge is 0.469 e. The predicted molar refractivity (Wildman–Crippen MR) is 51.6 cm³/mol. The normalized spacial score (nSPS) is 37.1.